The minimum Gasteiger partial charge on any atom is -0.491 e. The molecule has 0 aliphatic rings. The highest BCUT2D eigenvalue weighted by atomic mass is 79.9. The lowest BCUT2D eigenvalue weighted by Gasteiger charge is -2.07. The van der Waals surface area contributed by atoms with E-state index in [1.54, 1.807) is 30.5 Å². The maximum absolute atomic E-state index is 13.6. The summed E-state index contributed by atoms with van der Waals surface area (Å²) in [5.74, 6) is 2.40. The molecular weight excluding hydrogens is 840 g/mol. The van der Waals surface area contributed by atoms with Crippen molar-refractivity contribution in [1.29, 1.82) is 0 Å². The smallest absolute Gasteiger partial charge is 0.166 e. The molecule has 8 heteroatoms. The van der Waals surface area contributed by atoms with Crippen LogP contribution in [0.25, 0.3) is 0 Å². The van der Waals surface area contributed by atoms with E-state index in [0.717, 1.165) is 32.8 Å². The number of nitrogens with zero attached hydrogens (tertiary/aromatic N) is 1. The Labute approximate surface area is 333 Å². The number of hydrogen-bond acceptors (Lipinski definition) is 3. The number of rotatable bonds is 24. The van der Waals surface area contributed by atoms with Crippen molar-refractivity contribution in [2.45, 2.75) is 142 Å². The van der Waals surface area contributed by atoms with Gasteiger partial charge in [0, 0.05) is 20.7 Å². The molecule has 0 fully saturated rings. The molecule has 0 radical (unpaired) electrons. The number of hydrogen-bond donors (Lipinski definition) is 0. The van der Waals surface area contributed by atoms with Crippen molar-refractivity contribution in [2.24, 2.45) is 0 Å². The second-order valence-electron chi connectivity index (χ2n) is 12.7. The van der Waals surface area contributed by atoms with Gasteiger partial charge in [0.1, 0.15) is 4.60 Å². The molecule has 2 aromatic carbocycles. The first-order valence-corrected chi connectivity index (χ1v) is 21.4. The van der Waals surface area contributed by atoms with Gasteiger partial charge in [0.2, 0.25) is 0 Å². The van der Waals surface area contributed by atoms with E-state index in [1.165, 1.54) is 121 Å². The van der Waals surface area contributed by atoms with Crippen molar-refractivity contribution < 1.29 is 18.3 Å². The number of ether oxygens (including phenoxy) is 2. The minimum atomic E-state index is -0.373. The first-order chi connectivity index (χ1) is 24.8. The zero-order valence-electron chi connectivity index (χ0n) is 31.0. The standard InChI is InChI=1S/C20H29FO.C18H28BrFO.C5H3Br2N/c1-3-5-6-7-8-9-10-11-12-13-16-22-20-15-14-18(4-2)17-19(20)21;1-2-3-4-5-6-7-8-9-10-11-14-21-18-13-12-16(19)15-17(18)20;6-4-1-2-5(7)8-3-4/h2,14-15,17H,3,5-13,16H2,1H3;12-13,15H,2-11,14H2,1H3;1-3H. The molecule has 3 nitrogen and oxygen atoms in total. The molecule has 0 spiro atoms. The van der Waals surface area contributed by atoms with Gasteiger partial charge in [-0.2, -0.15) is 0 Å². The maximum atomic E-state index is 13.6. The third kappa shape index (κ3) is 26.5. The lowest BCUT2D eigenvalue weighted by molar-refractivity contribution is 0.290. The summed E-state index contributed by atoms with van der Waals surface area (Å²) in [6.45, 7) is 5.68. The van der Waals surface area contributed by atoms with E-state index in [9.17, 15) is 8.78 Å². The average molecular weight is 901 g/mol. The van der Waals surface area contributed by atoms with Crippen LogP contribution in [0.4, 0.5) is 8.78 Å². The van der Waals surface area contributed by atoms with Gasteiger partial charge in [0.05, 0.1) is 13.2 Å². The molecule has 0 atom stereocenters. The fraction of sp³-hybridized carbons (Fsp3) is 0.558. The van der Waals surface area contributed by atoms with Crippen LogP contribution in [0.15, 0.2) is 68.3 Å². The van der Waals surface area contributed by atoms with Crippen LogP contribution in [0.1, 0.15) is 148 Å². The van der Waals surface area contributed by atoms with E-state index in [4.69, 9.17) is 15.9 Å². The molecule has 284 valence electrons. The van der Waals surface area contributed by atoms with Gasteiger partial charge in [-0.1, -0.05) is 151 Å². The SMILES string of the molecule is Brc1ccc(Br)nc1.C#Cc1ccc(OCCCCCCCCCCCC)c(F)c1.CCCCCCCCCCCCOc1ccc(Br)cc1F. The normalized spacial score (nSPS) is 10.4. The molecule has 1 aromatic heterocycles. The summed E-state index contributed by atoms with van der Waals surface area (Å²) in [5.41, 5.74) is 0.545. The monoisotopic (exact) mass is 897 g/mol. The van der Waals surface area contributed by atoms with Crippen LogP contribution in [-0.2, 0) is 0 Å². The van der Waals surface area contributed by atoms with Crippen molar-refractivity contribution in [3.8, 4) is 23.8 Å². The van der Waals surface area contributed by atoms with Gasteiger partial charge >= 0.3 is 0 Å². The second kappa shape index (κ2) is 32.7. The van der Waals surface area contributed by atoms with E-state index in [2.05, 4.69) is 72.5 Å². The van der Waals surface area contributed by atoms with Crippen LogP contribution in [0, 0.1) is 24.0 Å². The molecule has 0 saturated carbocycles. The van der Waals surface area contributed by atoms with Crippen LogP contribution in [0.2, 0.25) is 0 Å². The molecule has 0 aliphatic carbocycles. The highest BCUT2D eigenvalue weighted by Crippen LogP contribution is 2.22. The zero-order valence-corrected chi connectivity index (χ0v) is 35.7. The fourth-order valence-electron chi connectivity index (χ4n) is 5.20. The van der Waals surface area contributed by atoms with Gasteiger partial charge in [-0.3, -0.25) is 0 Å². The molecule has 0 unspecified atom stereocenters. The summed E-state index contributed by atoms with van der Waals surface area (Å²) >= 11 is 9.71. The van der Waals surface area contributed by atoms with Crippen LogP contribution in [0.5, 0.6) is 11.5 Å². The molecule has 0 aliphatic heterocycles. The number of pyridine rings is 1. The summed E-state index contributed by atoms with van der Waals surface area (Å²) in [4.78, 5) is 3.95. The lowest BCUT2D eigenvalue weighted by Crippen LogP contribution is -1.99. The van der Waals surface area contributed by atoms with E-state index in [0.29, 0.717) is 30.3 Å². The Kier molecular flexibility index (Phi) is 30.2. The first kappa shape index (κ1) is 47.1. The molecule has 0 amide bonds. The van der Waals surface area contributed by atoms with Gasteiger partial charge in [-0.05, 0) is 93.2 Å². The van der Waals surface area contributed by atoms with Crippen LogP contribution in [-0.4, -0.2) is 18.2 Å². The number of unbranched alkanes of at least 4 members (excludes halogenated alkanes) is 18. The minimum absolute atomic E-state index is 0.295. The van der Waals surface area contributed by atoms with Crippen molar-refractivity contribution in [2.75, 3.05) is 13.2 Å². The Morgan fingerprint density at radius 3 is 1.33 bits per heavy atom. The van der Waals surface area contributed by atoms with Crippen LogP contribution < -0.4 is 9.47 Å². The van der Waals surface area contributed by atoms with E-state index in [1.807, 2.05) is 12.1 Å². The highest BCUT2D eigenvalue weighted by molar-refractivity contribution is 9.11. The quantitative estimate of drug-likeness (QED) is 0.0510. The third-order valence-electron chi connectivity index (χ3n) is 8.19. The van der Waals surface area contributed by atoms with Crippen molar-refractivity contribution in [1.82, 2.24) is 4.98 Å². The molecule has 1 heterocycles. The lowest BCUT2D eigenvalue weighted by atomic mass is 10.1. The third-order valence-corrected chi connectivity index (χ3v) is 9.63. The molecular formula is C43H60Br3F2NO2. The molecule has 0 N–H and O–H groups in total. The summed E-state index contributed by atoms with van der Waals surface area (Å²) < 4.78 is 40.7. The predicted octanol–water partition coefficient (Wildman–Crippen LogP) is 15.6. The molecule has 0 saturated heterocycles. The van der Waals surface area contributed by atoms with Crippen LogP contribution >= 0.6 is 47.8 Å². The Bertz CT molecular complexity index is 1300. The molecule has 3 rings (SSSR count). The fourth-order valence-corrected chi connectivity index (χ4v) is 6.00. The van der Waals surface area contributed by atoms with Gasteiger partial charge in [0.25, 0.3) is 0 Å². The van der Waals surface area contributed by atoms with Gasteiger partial charge in [-0.25, -0.2) is 13.8 Å². The van der Waals surface area contributed by atoms with Gasteiger partial charge < -0.3 is 9.47 Å². The number of halogens is 5. The van der Waals surface area contributed by atoms with Crippen LogP contribution in [0.3, 0.4) is 0 Å². The summed E-state index contributed by atoms with van der Waals surface area (Å²) in [6.07, 6.45) is 32.8. The topological polar surface area (TPSA) is 31.4 Å². The van der Waals surface area contributed by atoms with E-state index >= 15 is 0 Å². The zero-order chi connectivity index (χ0) is 37.4. The van der Waals surface area contributed by atoms with Crippen molar-refractivity contribution >= 4 is 47.8 Å². The summed E-state index contributed by atoms with van der Waals surface area (Å²) in [7, 11) is 0. The summed E-state index contributed by atoms with van der Waals surface area (Å²) in [5, 5.41) is 0. The maximum Gasteiger partial charge on any atom is 0.166 e. The largest absolute Gasteiger partial charge is 0.491 e. The molecule has 0 bridgehead atoms. The Morgan fingerprint density at radius 1 is 0.549 bits per heavy atom. The van der Waals surface area contributed by atoms with E-state index in [-0.39, 0.29) is 11.6 Å². The van der Waals surface area contributed by atoms with Crippen molar-refractivity contribution in [3.05, 3.63) is 85.5 Å². The number of aromatic nitrogens is 1. The Hall–Kier alpha value is -1.95. The van der Waals surface area contributed by atoms with Gasteiger partial charge in [0.15, 0.2) is 23.1 Å². The Morgan fingerprint density at radius 2 is 0.961 bits per heavy atom. The number of benzene rings is 2. The van der Waals surface area contributed by atoms with Gasteiger partial charge in [-0.15, -0.1) is 6.42 Å². The highest BCUT2D eigenvalue weighted by Gasteiger charge is 2.05. The van der Waals surface area contributed by atoms with Crippen molar-refractivity contribution in [3.63, 3.8) is 0 Å². The molecule has 51 heavy (non-hydrogen) atoms. The second-order valence-corrected chi connectivity index (χ2v) is 15.4. The first-order valence-electron chi connectivity index (χ1n) is 19.0. The average Bonchev–Trinajstić information content (AvgIpc) is 3.12. The molecule has 3 aromatic rings. The Balaban J connectivity index is 0.000000419. The predicted molar refractivity (Wildman–Crippen MR) is 223 cm³/mol. The van der Waals surface area contributed by atoms with E-state index < -0.39 is 0 Å². The summed E-state index contributed by atoms with van der Waals surface area (Å²) in [6, 6.07) is 13.4. The number of terminal acetylenes is 1.